The average molecular weight is 493 g/mol. The number of hydrogen-bond donors (Lipinski definition) is 1. The molecule has 1 N–H and O–H groups in total. The zero-order valence-corrected chi connectivity index (χ0v) is 19.7. The van der Waals surface area contributed by atoms with Crippen LogP contribution in [-0.4, -0.2) is 60.8 Å². The molecule has 0 aliphatic carbocycles. The number of allylic oxidation sites excluding steroid dienone is 1. The lowest BCUT2D eigenvalue weighted by Gasteiger charge is -2.32. The minimum atomic E-state index is -0.160. The Labute approximate surface area is 204 Å². The van der Waals surface area contributed by atoms with Crippen LogP contribution in [0.15, 0.2) is 69.9 Å². The van der Waals surface area contributed by atoms with Gasteiger partial charge < -0.3 is 14.6 Å². The highest BCUT2D eigenvalue weighted by Crippen LogP contribution is 2.22. The number of nitrogens with one attached hydrogen (secondary N) is 1. The quantitative estimate of drug-likeness (QED) is 0.311. The lowest BCUT2D eigenvalue weighted by atomic mass is 10.0. The normalized spacial score (nSPS) is 14.5. The molecule has 4 aromatic rings. The van der Waals surface area contributed by atoms with E-state index in [1.54, 1.807) is 27.5 Å². The summed E-state index contributed by atoms with van der Waals surface area (Å²) in [6.07, 6.45) is 5.94. The van der Waals surface area contributed by atoms with Crippen LogP contribution in [0.4, 0.5) is 0 Å². The summed E-state index contributed by atoms with van der Waals surface area (Å²) in [6.45, 7) is 5.18. The van der Waals surface area contributed by atoms with Gasteiger partial charge in [0.15, 0.2) is 5.16 Å². The molecular weight excluding hydrogens is 468 g/mol. The zero-order valence-electron chi connectivity index (χ0n) is 18.9. The van der Waals surface area contributed by atoms with Crippen LogP contribution in [-0.2, 0) is 11.3 Å². The Morgan fingerprint density at radius 3 is 2.74 bits per heavy atom. The SMILES string of the molecule is C=CCn1c(=O)c2ccccc2n2c(SCC(=O)NC3CCN(C(=O)c4ccoc4)CC3)nnc12. The number of hydrogen-bond acceptors (Lipinski definition) is 7. The lowest BCUT2D eigenvalue weighted by Crippen LogP contribution is -2.46. The Bertz CT molecular complexity index is 1450. The number of para-hydroxylation sites is 1. The van der Waals surface area contributed by atoms with E-state index in [0.29, 0.717) is 59.9 Å². The van der Waals surface area contributed by atoms with Crippen molar-refractivity contribution in [2.24, 2.45) is 0 Å². The van der Waals surface area contributed by atoms with Gasteiger partial charge in [0.2, 0.25) is 11.7 Å². The molecule has 0 spiro atoms. The van der Waals surface area contributed by atoms with Crippen molar-refractivity contribution in [3.8, 4) is 0 Å². The smallest absolute Gasteiger partial charge is 0.263 e. The molecule has 0 unspecified atom stereocenters. The number of nitrogens with zero attached hydrogens (tertiary/aromatic N) is 5. The van der Waals surface area contributed by atoms with E-state index in [2.05, 4.69) is 22.1 Å². The number of furan rings is 1. The molecule has 1 aromatic carbocycles. The van der Waals surface area contributed by atoms with E-state index in [4.69, 9.17) is 4.42 Å². The van der Waals surface area contributed by atoms with Crippen LogP contribution in [0, 0.1) is 0 Å². The second kappa shape index (κ2) is 9.79. The lowest BCUT2D eigenvalue weighted by molar-refractivity contribution is -0.119. The first-order valence-electron chi connectivity index (χ1n) is 11.3. The van der Waals surface area contributed by atoms with Crippen molar-refractivity contribution in [1.29, 1.82) is 0 Å². The van der Waals surface area contributed by atoms with Crippen molar-refractivity contribution in [3.05, 3.63) is 71.4 Å². The predicted octanol–water partition coefficient (Wildman–Crippen LogP) is 2.34. The van der Waals surface area contributed by atoms with Crippen LogP contribution in [0.2, 0.25) is 0 Å². The Hall–Kier alpha value is -3.86. The van der Waals surface area contributed by atoms with E-state index in [9.17, 15) is 14.4 Å². The molecule has 1 fully saturated rings. The van der Waals surface area contributed by atoms with Gasteiger partial charge in [-0.25, -0.2) is 0 Å². The highest BCUT2D eigenvalue weighted by Gasteiger charge is 2.25. The third kappa shape index (κ3) is 4.46. The summed E-state index contributed by atoms with van der Waals surface area (Å²) in [6, 6.07) is 8.93. The van der Waals surface area contributed by atoms with Gasteiger partial charge in [0.05, 0.1) is 28.5 Å². The van der Waals surface area contributed by atoms with Crippen LogP contribution in [0.25, 0.3) is 16.7 Å². The fourth-order valence-corrected chi connectivity index (χ4v) is 5.07. The number of fused-ring (bicyclic) bond motifs is 3. The highest BCUT2D eigenvalue weighted by molar-refractivity contribution is 7.99. The first-order chi connectivity index (χ1) is 17.1. The van der Waals surface area contributed by atoms with Gasteiger partial charge in [0.25, 0.3) is 11.5 Å². The molecule has 0 bridgehead atoms. The first kappa shape index (κ1) is 22.9. The molecule has 4 heterocycles. The van der Waals surface area contributed by atoms with Gasteiger partial charge in [-0.2, -0.15) is 0 Å². The molecule has 1 saturated heterocycles. The van der Waals surface area contributed by atoms with Gasteiger partial charge in [0, 0.05) is 25.7 Å². The summed E-state index contributed by atoms with van der Waals surface area (Å²) in [7, 11) is 0. The maximum Gasteiger partial charge on any atom is 0.263 e. The molecule has 0 radical (unpaired) electrons. The molecule has 5 rings (SSSR count). The third-order valence-corrected chi connectivity index (χ3v) is 6.97. The number of rotatable bonds is 7. The maximum absolute atomic E-state index is 12.9. The average Bonchev–Trinajstić information content (AvgIpc) is 3.56. The van der Waals surface area contributed by atoms with Crippen molar-refractivity contribution >= 4 is 40.3 Å². The molecule has 1 aliphatic rings. The summed E-state index contributed by atoms with van der Waals surface area (Å²) in [5.74, 6) is 0.394. The van der Waals surface area contributed by atoms with Gasteiger partial charge in [-0.15, -0.1) is 16.8 Å². The number of carbonyl (C=O) groups excluding carboxylic acids is 2. The summed E-state index contributed by atoms with van der Waals surface area (Å²) in [5.41, 5.74) is 1.07. The fourth-order valence-electron chi connectivity index (χ4n) is 4.32. The van der Waals surface area contributed by atoms with Gasteiger partial charge in [-0.05, 0) is 31.0 Å². The minimum Gasteiger partial charge on any atom is -0.472 e. The van der Waals surface area contributed by atoms with Crippen molar-refractivity contribution in [2.75, 3.05) is 18.8 Å². The number of aromatic nitrogens is 4. The van der Waals surface area contributed by atoms with Crippen LogP contribution < -0.4 is 10.9 Å². The first-order valence-corrected chi connectivity index (χ1v) is 12.3. The number of amides is 2. The number of thioether (sulfide) groups is 1. The summed E-state index contributed by atoms with van der Waals surface area (Å²) in [4.78, 5) is 39.8. The summed E-state index contributed by atoms with van der Waals surface area (Å²) in [5, 5.41) is 12.6. The monoisotopic (exact) mass is 492 g/mol. The number of piperidine rings is 1. The van der Waals surface area contributed by atoms with Crippen LogP contribution in [0.5, 0.6) is 0 Å². The standard InChI is InChI=1S/C24H24N6O4S/c1-2-10-29-22(33)18-5-3-4-6-19(18)30-23(29)26-27-24(30)35-15-20(31)25-17-7-11-28(12-8-17)21(32)16-9-13-34-14-16/h2-6,9,13-14,17H,1,7-8,10-12,15H2,(H,25,31). The molecule has 0 saturated carbocycles. The van der Waals surface area contributed by atoms with Crippen molar-refractivity contribution in [1.82, 2.24) is 29.4 Å². The van der Waals surface area contributed by atoms with E-state index in [1.807, 2.05) is 18.2 Å². The van der Waals surface area contributed by atoms with E-state index in [1.165, 1.54) is 28.9 Å². The Morgan fingerprint density at radius 1 is 1.20 bits per heavy atom. The largest absolute Gasteiger partial charge is 0.472 e. The topological polar surface area (TPSA) is 115 Å². The molecule has 180 valence electrons. The van der Waals surface area contributed by atoms with Crippen LogP contribution >= 0.6 is 11.8 Å². The second-order valence-corrected chi connectivity index (χ2v) is 9.22. The van der Waals surface area contributed by atoms with Gasteiger partial charge >= 0.3 is 0 Å². The molecule has 11 heteroatoms. The van der Waals surface area contributed by atoms with Gasteiger partial charge in [-0.3, -0.25) is 23.4 Å². The van der Waals surface area contributed by atoms with E-state index < -0.39 is 0 Å². The maximum atomic E-state index is 12.9. The minimum absolute atomic E-state index is 0.00486. The van der Waals surface area contributed by atoms with E-state index in [0.717, 1.165) is 0 Å². The number of likely N-dealkylation sites (tertiary alicyclic amines) is 1. The Morgan fingerprint density at radius 2 is 2.00 bits per heavy atom. The molecule has 3 aromatic heterocycles. The van der Waals surface area contributed by atoms with E-state index in [-0.39, 0.29) is 29.2 Å². The number of carbonyl (C=O) groups is 2. The van der Waals surface area contributed by atoms with Crippen molar-refractivity contribution in [3.63, 3.8) is 0 Å². The Balaban J connectivity index is 1.25. The fraction of sp³-hybridized carbons (Fsp3) is 0.292. The highest BCUT2D eigenvalue weighted by atomic mass is 32.2. The summed E-state index contributed by atoms with van der Waals surface area (Å²) >= 11 is 1.27. The molecule has 2 amide bonds. The van der Waals surface area contributed by atoms with Crippen molar-refractivity contribution in [2.45, 2.75) is 30.6 Å². The molecule has 10 nitrogen and oxygen atoms in total. The molecule has 35 heavy (non-hydrogen) atoms. The van der Waals surface area contributed by atoms with E-state index >= 15 is 0 Å². The second-order valence-electron chi connectivity index (χ2n) is 8.27. The zero-order chi connectivity index (χ0) is 24.4. The van der Waals surface area contributed by atoms with Crippen LogP contribution in [0.1, 0.15) is 23.2 Å². The third-order valence-electron chi connectivity index (χ3n) is 6.04. The Kier molecular flexibility index (Phi) is 6.41. The van der Waals surface area contributed by atoms with Crippen LogP contribution in [0.3, 0.4) is 0 Å². The van der Waals surface area contributed by atoms with Gasteiger partial charge in [-0.1, -0.05) is 30.0 Å². The summed E-state index contributed by atoms with van der Waals surface area (Å²) < 4.78 is 8.32. The van der Waals surface area contributed by atoms with Gasteiger partial charge in [0.1, 0.15) is 6.26 Å². The molecular formula is C24H24N6O4S. The molecule has 1 aliphatic heterocycles. The number of benzene rings is 1. The van der Waals surface area contributed by atoms with Crippen molar-refractivity contribution < 1.29 is 14.0 Å². The predicted molar refractivity (Wildman–Crippen MR) is 131 cm³/mol. The molecule has 0 atom stereocenters.